The maximum atomic E-state index is 12.6. The van der Waals surface area contributed by atoms with E-state index in [1.807, 2.05) is 13.8 Å². The average Bonchev–Trinajstić information content (AvgIpc) is 3.05. The Kier molecular flexibility index (Phi) is 35.2. The third-order valence-electron chi connectivity index (χ3n) is 9.25. The molecule has 2 atom stereocenters. The van der Waals surface area contributed by atoms with Crippen molar-refractivity contribution in [2.75, 3.05) is 39.3 Å². The Morgan fingerprint density at radius 1 is 0.532 bits per heavy atom. The predicted octanol–water partition coefficient (Wildman–Crippen LogP) is 9.92. The molecule has 7 heteroatoms. The van der Waals surface area contributed by atoms with Gasteiger partial charge < -0.3 is 24.8 Å². The molecule has 0 rings (SSSR count). The van der Waals surface area contributed by atoms with Gasteiger partial charge in [0.15, 0.2) is 0 Å². The first kappa shape index (κ1) is 45.8. The highest BCUT2D eigenvalue weighted by atomic mass is 16.5. The van der Waals surface area contributed by atoms with Crippen LogP contribution in [0.2, 0.25) is 0 Å². The van der Waals surface area contributed by atoms with Gasteiger partial charge in [0.05, 0.1) is 31.7 Å². The average molecular weight is 669 g/mol. The molecule has 0 saturated carbocycles. The number of nitrogens with zero attached hydrogens (tertiary/aromatic N) is 1. The second-order valence-corrected chi connectivity index (χ2v) is 14.1. The lowest BCUT2D eigenvalue weighted by molar-refractivity contribution is -0.149. The van der Waals surface area contributed by atoms with Crippen LogP contribution in [-0.2, 0) is 19.1 Å². The van der Waals surface area contributed by atoms with Crippen molar-refractivity contribution in [1.29, 1.82) is 0 Å². The van der Waals surface area contributed by atoms with Gasteiger partial charge in [0, 0.05) is 32.7 Å². The summed E-state index contributed by atoms with van der Waals surface area (Å²) in [5, 5.41) is 12.3. The molecule has 2 N–H and O–H groups in total. The highest BCUT2D eigenvalue weighted by Crippen LogP contribution is 2.15. The van der Waals surface area contributed by atoms with Gasteiger partial charge in [-0.3, -0.25) is 9.59 Å². The van der Waals surface area contributed by atoms with Gasteiger partial charge in [0.25, 0.3) is 0 Å². The molecule has 0 aliphatic heterocycles. The van der Waals surface area contributed by atoms with Gasteiger partial charge in [-0.05, 0) is 39.5 Å². The fraction of sp³-hybridized carbons (Fsp3) is 0.950. The Labute approximate surface area is 292 Å². The van der Waals surface area contributed by atoms with Gasteiger partial charge >= 0.3 is 11.9 Å². The number of carbonyl (C=O) groups is 2. The second kappa shape index (κ2) is 36.1. The normalized spacial score (nSPS) is 12.8. The summed E-state index contributed by atoms with van der Waals surface area (Å²) in [6.07, 6.45) is 31.3. The minimum absolute atomic E-state index is 0.0578. The standard InChI is InChI=1S/C40H80N2O5/c1-5-7-9-11-13-15-17-19-21-23-25-27-37(3)46-39(44)29-33-42(35-31-41-32-36-43)34-30-40(45)47-38(4)28-26-24-22-20-18-16-14-12-10-8-6-2/h37-38,41,43H,5-36H2,1-4H3. The van der Waals surface area contributed by atoms with E-state index < -0.39 is 0 Å². The molecule has 0 aliphatic rings. The molecule has 0 amide bonds. The van der Waals surface area contributed by atoms with Crippen molar-refractivity contribution in [3.63, 3.8) is 0 Å². The van der Waals surface area contributed by atoms with Crippen LogP contribution in [0.25, 0.3) is 0 Å². The Balaban J connectivity index is 4.10. The number of esters is 2. The monoisotopic (exact) mass is 669 g/mol. The van der Waals surface area contributed by atoms with E-state index >= 15 is 0 Å². The topological polar surface area (TPSA) is 88.1 Å². The molecule has 0 aliphatic carbocycles. The zero-order valence-corrected chi connectivity index (χ0v) is 31.8. The zero-order valence-electron chi connectivity index (χ0n) is 31.8. The van der Waals surface area contributed by atoms with E-state index in [0.717, 1.165) is 25.7 Å². The maximum Gasteiger partial charge on any atom is 0.307 e. The molecule has 0 radical (unpaired) electrons. The van der Waals surface area contributed by atoms with Crippen LogP contribution in [0.1, 0.15) is 195 Å². The van der Waals surface area contributed by atoms with Crippen molar-refractivity contribution in [1.82, 2.24) is 10.2 Å². The number of ether oxygens (including phenoxy) is 2. The Morgan fingerprint density at radius 2 is 0.872 bits per heavy atom. The minimum atomic E-state index is -0.169. The number of rotatable bonds is 37. The van der Waals surface area contributed by atoms with Gasteiger partial charge in [0.2, 0.25) is 0 Å². The van der Waals surface area contributed by atoms with Gasteiger partial charge in [-0.2, -0.15) is 0 Å². The van der Waals surface area contributed by atoms with E-state index in [-0.39, 0.29) is 30.8 Å². The van der Waals surface area contributed by atoms with Crippen LogP contribution < -0.4 is 5.32 Å². The first-order valence-corrected chi connectivity index (χ1v) is 20.4. The number of aliphatic hydroxyl groups is 1. The minimum Gasteiger partial charge on any atom is -0.463 e. The highest BCUT2D eigenvalue weighted by molar-refractivity contribution is 5.70. The van der Waals surface area contributed by atoms with Gasteiger partial charge in [-0.25, -0.2) is 0 Å². The SMILES string of the molecule is CCCCCCCCCCCCCC(C)OC(=O)CCN(CCNCCO)CCC(=O)OC(C)CCCCCCCCCCCCC. The maximum absolute atomic E-state index is 12.6. The summed E-state index contributed by atoms with van der Waals surface area (Å²) >= 11 is 0. The quantitative estimate of drug-likeness (QED) is 0.0503. The summed E-state index contributed by atoms with van der Waals surface area (Å²) < 4.78 is 11.4. The number of hydrogen-bond donors (Lipinski definition) is 2. The number of aliphatic hydroxyl groups excluding tert-OH is 1. The largest absolute Gasteiger partial charge is 0.463 e. The van der Waals surface area contributed by atoms with E-state index in [4.69, 9.17) is 14.6 Å². The van der Waals surface area contributed by atoms with Gasteiger partial charge in [-0.1, -0.05) is 142 Å². The molecular formula is C40H80N2O5. The van der Waals surface area contributed by atoms with Crippen LogP contribution in [0.5, 0.6) is 0 Å². The van der Waals surface area contributed by atoms with E-state index in [0.29, 0.717) is 45.6 Å². The fourth-order valence-electron chi connectivity index (χ4n) is 6.15. The molecule has 0 fully saturated rings. The summed E-state index contributed by atoms with van der Waals surface area (Å²) in [7, 11) is 0. The molecule has 0 aromatic carbocycles. The van der Waals surface area contributed by atoms with E-state index in [1.165, 1.54) is 128 Å². The fourth-order valence-corrected chi connectivity index (χ4v) is 6.15. The smallest absolute Gasteiger partial charge is 0.307 e. The van der Waals surface area contributed by atoms with Gasteiger partial charge in [0.1, 0.15) is 0 Å². The summed E-state index contributed by atoms with van der Waals surface area (Å²) in [5.41, 5.74) is 0. The van der Waals surface area contributed by atoms with Crippen LogP contribution in [0.3, 0.4) is 0 Å². The van der Waals surface area contributed by atoms with E-state index in [9.17, 15) is 9.59 Å². The molecule has 0 aromatic rings. The second-order valence-electron chi connectivity index (χ2n) is 14.1. The van der Waals surface area contributed by atoms with E-state index in [1.54, 1.807) is 0 Å². The lowest BCUT2D eigenvalue weighted by atomic mass is 10.0. The zero-order chi connectivity index (χ0) is 34.6. The molecule has 47 heavy (non-hydrogen) atoms. The van der Waals surface area contributed by atoms with Crippen LogP contribution in [0, 0.1) is 0 Å². The molecule has 0 aromatic heterocycles. The molecule has 280 valence electrons. The van der Waals surface area contributed by atoms with Crippen molar-refractivity contribution >= 4 is 11.9 Å². The Hall–Kier alpha value is -1.18. The molecule has 0 bridgehead atoms. The van der Waals surface area contributed by atoms with Crippen molar-refractivity contribution in [3.05, 3.63) is 0 Å². The predicted molar refractivity (Wildman–Crippen MR) is 199 cm³/mol. The van der Waals surface area contributed by atoms with Crippen molar-refractivity contribution in [3.8, 4) is 0 Å². The molecule has 0 saturated heterocycles. The number of unbranched alkanes of at least 4 members (excludes halogenated alkanes) is 20. The summed E-state index contributed by atoms with van der Waals surface area (Å²) in [4.78, 5) is 27.3. The number of nitrogens with one attached hydrogen (secondary N) is 1. The molecule has 0 heterocycles. The lowest BCUT2D eigenvalue weighted by Gasteiger charge is -2.23. The highest BCUT2D eigenvalue weighted by Gasteiger charge is 2.15. The third-order valence-corrected chi connectivity index (χ3v) is 9.25. The Morgan fingerprint density at radius 3 is 1.21 bits per heavy atom. The summed E-state index contributed by atoms with van der Waals surface area (Å²) in [6, 6.07) is 0. The summed E-state index contributed by atoms with van der Waals surface area (Å²) in [5.74, 6) is -0.339. The third kappa shape index (κ3) is 34.5. The van der Waals surface area contributed by atoms with Crippen molar-refractivity contribution in [2.24, 2.45) is 0 Å². The molecule has 0 spiro atoms. The Bertz CT molecular complexity index is 627. The molecular weight excluding hydrogens is 588 g/mol. The summed E-state index contributed by atoms with van der Waals surface area (Å²) in [6.45, 7) is 11.6. The molecule has 7 nitrogen and oxygen atoms in total. The molecule has 2 unspecified atom stereocenters. The van der Waals surface area contributed by atoms with E-state index in [2.05, 4.69) is 24.1 Å². The van der Waals surface area contributed by atoms with Gasteiger partial charge in [-0.15, -0.1) is 0 Å². The van der Waals surface area contributed by atoms with Crippen LogP contribution in [0.4, 0.5) is 0 Å². The van der Waals surface area contributed by atoms with Crippen LogP contribution in [0.15, 0.2) is 0 Å². The van der Waals surface area contributed by atoms with Crippen molar-refractivity contribution < 1.29 is 24.2 Å². The van der Waals surface area contributed by atoms with Crippen molar-refractivity contribution in [2.45, 2.75) is 207 Å². The number of carbonyl (C=O) groups excluding carboxylic acids is 2. The van der Waals surface area contributed by atoms with Crippen LogP contribution in [-0.4, -0.2) is 73.5 Å². The first-order valence-electron chi connectivity index (χ1n) is 20.4. The lowest BCUT2D eigenvalue weighted by Crippen LogP contribution is -2.36. The first-order chi connectivity index (χ1) is 22.9. The van der Waals surface area contributed by atoms with Crippen LogP contribution >= 0.6 is 0 Å². The number of hydrogen-bond acceptors (Lipinski definition) is 7.